The number of rotatable bonds is 9. The summed E-state index contributed by atoms with van der Waals surface area (Å²) in [5, 5.41) is 12.1. The lowest BCUT2D eigenvalue weighted by Gasteiger charge is -2.14. The molecule has 0 saturated carbocycles. The Morgan fingerprint density at radius 1 is 1.09 bits per heavy atom. The minimum atomic E-state index is -0.915. The molecule has 35 heavy (non-hydrogen) atoms. The van der Waals surface area contributed by atoms with Crippen LogP contribution >= 0.6 is 0 Å². The number of carbonyl (C=O) groups is 2. The number of anilines is 2. The summed E-state index contributed by atoms with van der Waals surface area (Å²) in [5.41, 5.74) is 9.02. The first kappa shape index (κ1) is 25.0. The van der Waals surface area contributed by atoms with Crippen molar-refractivity contribution in [2.45, 2.75) is 20.3 Å². The van der Waals surface area contributed by atoms with Gasteiger partial charge in [0.2, 0.25) is 5.95 Å². The summed E-state index contributed by atoms with van der Waals surface area (Å²) in [4.78, 5) is 32.1. The van der Waals surface area contributed by atoms with Gasteiger partial charge in [-0.2, -0.15) is 0 Å². The molecule has 0 radical (unpaired) electrons. The summed E-state index contributed by atoms with van der Waals surface area (Å²) in [6.07, 6.45) is 3.63. The fourth-order valence-corrected chi connectivity index (χ4v) is 3.59. The second-order valence-corrected chi connectivity index (χ2v) is 7.45. The molecule has 0 aliphatic rings. The SMILES string of the molecule is C.COc1ccc(-c2cc3nccn3c(Nc3ccc(CCC(=O)O)cc3C(N)=O)n2)cc1OC. The molecule has 2 aromatic heterocycles. The third-order valence-electron chi connectivity index (χ3n) is 5.29. The zero-order chi connectivity index (χ0) is 24.2. The van der Waals surface area contributed by atoms with Crippen molar-refractivity contribution in [1.82, 2.24) is 14.4 Å². The number of hydrogen-bond acceptors (Lipinski definition) is 7. The molecule has 2 aromatic carbocycles. The number of fused-ring (bicyclic) bond motifs is 1. The molecule has 4 aromatic rings. The molecular weight excluding hydrogens is 450 g/mol. The number of nitrogens with two attached hydrogens (primary N) is 1. The molecule has 1 amide bonds. The van der Waals surface area contributed by atoms with Crippen molar-refractivity contribution in [3.8, 4) is 22.8 Å². The topological polar surface area (TPSA) is 141 Å². The highest BCUT2D eigenvalue weighted by atomic mass is 16.5. The van der Waals surface area contributed by atoms with Gasteiger partial charge in [-0.15, -0.1) is 0 Å². The Labute approximate surface area is 202 Å². The fraction of sp³-hybridized carbons (Fsp3) is 0.200. The van der Waals surface area contributed by atoms with Crippen LogP contribution in [0.5, 0.6) is 11.5 Å². The zero-order valence-electron chi connectivity index (χ0n) is 18.6. The van der Waals surface area contributed by atoms with E-state index < -0.39 is 11.9 Å². The smallest absolute Gasteiger partial charge is 0.303 e. The quantitative estimate of drug-likeness (QED) is 0.329. The van der Waals surface area contributed by atoms with Crippen LogP contribution in [0.25, 0.3) is 16.9 Å². The predicted molar refractivity (Wildman–Crippen MR) is 132 cm³/mol. The lowest BCUT2D eigenvalue weighted by molar-refractivity contribution is -0.136. The molecule has 10 nitrogen and oxygen atoms in total. The van der Waals surface area contributed by atoms with E-state index in [9.17, 15) is 9.59 Å². The number of nitrogens with one attached hydrogen (secondary N) is 1. The number of ether oxygens (including phenoxy) is 2. The van der Waals surface area contributed by atoms with Crippen molar-refractivity contribution in [1.29, 1.82) is 0 Å². The van der Waals surface area contributed by atoms with Crippen LogP contribution in [-0.4, -0.2) is 45.6 Å². The molecule has 4 rings (SSSR count). The molecule has 0 aliphatic carbocycles. The monoisotopic (exact) mass is 477 g/mol. The van der Waals surface area contributed by atoms with Gasteiger partial charge in [-0.25, -0.2) is 9.97 Å². The van der Waals surface area contributed by atoms with Gasteiger partial charge in [0, 0.05) is 30.4 Å². The normalized spacial score (nSPS) is 10.5. The summed E-state index contributed by atoms with van der Waals surface area (Å²) in [6.45, 7) is 0. The Bertz CT molecular complexity index is 1380. The minimum Gasteiger partial charge on any atom is -0.493 e. The van der Waals surface area contributed by atoms with Gasteiger partial charge in [0.05, 0.1) is 31.2 Å². The molecule has 0 fully saturated rings. The number of methoxy groups -OCH3 is 2. The number of aliphatic carboxylic acids is 1. The number of carbonyl (C=O) groups excluding carboxylic acids is 1. The van der Waals surface area contributed by atoms with E-state index in [1.165, 1.54) is 0 Å². The largest absolute Gasteiger partial charge is 0.493 e. The van der Waals surface area contributed by atoms with E-state index >= 15 is 0 Å². The Hall–Kier alpha value is -4.60. The van der Waals surface area contributed by atoms with E-state index in [0.29, 0.717) is 40.0 Å². The van der Waals surface area contributed by atoms with Crippen molar-refractivity contribution in [3.63, 3.8) is 0 Å². The number of aryl methyl sites for hydroxylation is 1. The number of carboxylic acid groups (broad SMARTS) is 1. The van der Waals surface area contributed by atoms with E-state index in [-0.39, 0.29) is 25.8 Å². The number of aromatic nitrogens is 3. The van der Waals surface area contributed by atoms with Gasteiger partial charge in [0.15, 0.2) is 11.5 Å². The van der Waals surface area contributed by atoms with Crippen LogP contribution in [0, 0.1) is 0 Å². The van der Waals surface area contributed by atoms with Gasteiger partial charge in [0.25, 0.3) is 5.91 Å². The minimum absolute atomic E-state index is 0. The van der Waals surface area contributed by atoms with E-state index in [4.69, 9.17) is 25.3 Å². The van der Waals surface area contributed by atoms with Gasteiger partial charge in [-0.3, -0.25) is 14.0 Å². The Balaban J connectivity index is 0.00000342. The summed E-state index contributed by atoms with van der Waals surface area (Å²) >= 11 is 0. The van der Waals surface area contributed by atoms with Crippen molar-refractivity contribution in [2.75, 3.05) is 19.5 Å². The van der Waals surface area contributed by atoms with E-state index in [1.807, 2.05) is 18.2 Å². The number of carboxylic acids is 1. The van der Waals surface area contributed by atoms with Crippen molar-refractivity contribution in [3.05, 3.63) is 66.0 Å². The first-order valence-electron chi connectivity index (χ1n) is 10.4. The summed E-state index contributed by atoms with van der Waals surface area (Å²) in [6, 6.07) is 12.3. The standard InChI is InChI=1S/C24H23N5O5.CH4/c1-33-19-7-5-15(12-20(19)34-2)18-13-21-26-9-10-29(21)24(28-18)27-17-6-3-14(4-8-22(30)31)11-16(17)23(25)32;/h3,5-7,9-13H,4,8H2,1-2H3,(H2,25,32)(H,27,28)(H,30,31);1H4. The van der Waals surface area contributed by atoms with Gasteiger partial charge in [0.1, 0.15) is 5.65 Å². The third-order valence-corrected chi connectivity index (χ3v) is 5.29. The Morgan fingerprint density at radius 2 is 1.86 bits per heavy atom. The average molecular weight is 478 g/mol. The Kier molecular flexibility index (Phi) is 7.55. The van der Waals surface area contributed by atoms with Crippen LogP contribution in [0.4, 0.5) is 11.6 Å². The van der Waals surface area contributed by atoms with Crippen molar-refractivity contribution < 1.29 is 24.2 Å². The van der Waals surface area contributed by atoms with Crippen LogP contribution in [0.1, 0.15) is 29.8 Å². The van der Waals surface area contributed by atoms with Crippen LogP contribution in [0.2, 0.25) is 0 Å². The number of primary amides is 1. The number of benzene rings is 2. The number of hydrogen-bond donors (Lipinski definition) is 3. The van der Waals surface area contributed by atoms with E-state index in [2.05, 4.69) is 10.3 Å². The lowest BCUT2D eigenvalue weighted by atomic mass is 10.0. The zero-order valence-corrected chi connectivity index (χ0v) is 18.6. The summed E-state index contributed by atoms with van der Waals surface area (Å²) < 4.78 is 12.5. The fourth-order valence-electron chi connectivity index (χ4n) is 3.59. The van der Waals surface area contributed by atoms with Crippen LogP contribution in [0.3, 0.4) is 0 Å². The van der Waals surface area contributed by atoms with E-state index in [0.717, 1.165) is 5.56 Å². The highest BCUT2D eigenvalue weighted by Gasteiger charge is 2.15. The van der Waals surface area contributed by atoms with Crippen LogP contribution < -0.4 is 20.5 Å². The highest BCUT2D eigenvalue weighted by Crippen LogP contribution is 2.33. The molecule has 0 aliphatic heterocycles. The van der Waals surface area contributed by atoms with Gasteiger partial charge in [-0.1, -0.05) is 13.5 Å². The maximum absolute atomic E-state index is 12.1. The molecular formula is C25H27N5O5. The lowest BCUT2D eigenvalue weighted by Crippen LogP contribution is -2.15. The molecule has 0 atom stereocenters. The molecule has 4 N–H and O–H groups in total. The third kappa shape index (κ3) is 5.32. The maximum atomic E-state index is 12.1. The average Bonchev–Trinajstić information content (AvgIpc) is 3.31. The maximum Gasteiger partial charge on any atom is 0.303 e. The molecule has 2 heterocycles. The second kappa shape index (κ2) is 10.6. The number of imidazole rings is 1. The summed E-state index contributed by atoms with van der Waals surface area (Å²) in [7, 11) is 3.13. The second-order valence-electron chi connectivity index (χ2n) is 7.45. The van der Waals surface area contributed by atoms with Gasteiger partial charge >= 0.3 is 5.97 Å². The first-order chi connectivity index (χ1) is 16.4. The molecule has 182 valence electrons. The molecule has 10 heteroatoms. The van der Waals surface area contributed by atoms with Crippen molar-refractivity contribution >= 4 is 29.2 Å². The predicted octanol–water partition coefficient (Wildman–Crippen LogP) is 3.91. The molecule has 0 spiro atoms. The first-order valence-corrected chi connectivity index (χ1v) is 10.4. The number of amides is 1. The Morgan fingerprint density at radius 3 is 2.54 bits per heavy atom. The molecule has 0 saturated heterocycles. The van der Waals surface area contributed by atoms with Crippen molar-refractivity contribution in [2.24, 2.45) is 5.73 Å². The summed E-state index contributed by atoms with van der Waals surface area (Å²) in [5.74, 6) is 0.0211. The molecule has 0 bridgehead atoms. The van der Waals surface area contributed by atoms with Gasteiger partial charge in [-0.05, 0) is 42.3 Å². The van der Waals surface area contributed by atoms with E-state index in [1.54, 1.807) is 55.3 Å². The highest BCUT2D eigenvalue weighted by molar-refractivity contribution is 5.99. The van der Waals surface area contributed by atoms with Gasteiger partial charge < -0.3 is 25.6 Å². The number of nitrogens with zero attached hydrogens (tertiary/aromatic N) is 3. The van der Waals surface area contributed by atoms with Crippen LogP contribution in [-0.2, 0) is 11.2 Å². The van der Waals surface area contributed by atoms with Crippen LogP contribution in [0.15, 0.2) is 54.9 Å². The molecule has 0 unspecified atom stereocenters.